The van der Waals surface area contributed by atoms with Gasteiger partial charge in [0.25, 0.3) is 0 Å². The Morgan fingerprint density at radius 2 is 1.18 bits per heavy atom. The minimum absolute atomic E-state index is 0.768. The van der Waals surface area contributed by atoms with E-state index in [1.165, 1.54) is 67.5 Å². The third kappa shape index (κ3) is 8.32. The molecule has 2 heterocycles. The first-order valence-corrected chi connectivity index (χ1v) is 21.0. The highest BCUT2D eigenvalue weighted by Gasteiger charge is 2.16. The summed E-state index contributed by atoms with van der Waals surface area (Å²) in [6.45, 7) is 3.85. The summed E-state index contributed by atoms with van der Waals surface area (Å²) in [6.07, 6.45) is 14.8. The maximum absolute atomic E-state index is 4.83. The van der Waals surface area contributed by atoms with Gasteiger partial charge in [0.05, 0.1) is 27.8 Å². The summed E-state index contributed by atoms with van der Waals surface area (Å²) in [7, 11) is 3.38. The number of para-hydroxylation sites is 3. The van der Waals surface area contributed by atoms with Gasteiger partial charge in [-0.25, -0.2) is 0 Å². The molecule has 2 N–H and O–H groups in total. The molecule has 4 nitrogen and oxygen atoms in total. The second-order valence-electron chi connectivity index (χ2n) is 14.0. The predicted molar refractivity (Wildman–Crippen MR) is 266 cm³/mol. The van der Waals surface area contributed by atoms with Gasteiger partial charge in [0.2, 0.25) is 0 Å². The molecule has 9 aromatic rings. The SMILES string of the molecule is C=C/C=C\C=C(/Cc1ccccc1C(/C=C\n1c2ccccc2c2cc(-c3ccc4c5ccccc5n(-c5ccccc5)c4c3)ccc21)=NC)c1ccccc1.CN.CS. The van der Waals surface area contributed by atoms with Crippen LogP contribution in [0.25, 0.3) is 72.2 Å². The van der Waals surface area contributed by atoms with E-state index in [9.17, 15) is 0 Å². The summed E-state index contributed by atoms with van der Waals surface area (Å²) >= 11 is 3.53. The number of allylic oxidation sites excluding steroid dienone is 6. The lowest BCUT2D eigenvalue weighted by atomic mass is 9.93. The molecule has 0 amide bonds. The Balaban J connectivity index is 0.00000132. The molecular formula is C55H50N4S. The molecule has 60 heavy (non-hydrogen) atoms. The monoisotopic (exact) mass is 798 g/mol. The van der Waals surface area contributed by atoms with E-state index in [0.717, 1.165) is 34.4 Å². The number of rotatable bonds is 10. The van der Waals surface area contributed by atoms with Crippen LogP contribution in [0.4, 0.5) is 0 Å². The number of aromatic nitrogens is 2. The van der Waals surface area contributed by atoms with Crippen LogP contribution in [0.2, 0.25) is 0 Å². The van der Waals surface area contributed by atoms with Crippen molar-refractivity contribution in [2.45, 2.75) is 6.42 Å². The molecule has 0 spiro atoms. The van der Waals surface area contributed by atoms with Gasteiger partial charge in [0, 0.05) is 46.0 Å². The number of benzene rings is 7. The Morgan fingerprint density at radius 1 is 0.600 bits per heavy atom. The predicted octanol–water partition coefficient (Wildman–Crippen LogP) is 13.6. The molecule has 0 aliphatic carbocycles. The summed E-state index contributed by atoms with van der Waals surface area (Å²) in [4.78, 5) is 4.83. The average Bonchev–Trinajstić information content (AvgIpc) is 3.83. The summed E-state index contributed by atoms with van der Waals surface area (Å²) < 4.78 is 4.68. The highest BCUT2D eigenvalue weighted by molar-refractivity contribution is 7.79. The van der Waals surface area contributed by atoms with Crippen LogP contribution in [0.15, 0.2) is 212 Å². The van der Waals surface area contributed by atoms with E-state index in [-0.39, 0.29) is 0 Å². The number of aliphatic imine (C=N–C) groups is 1. The lowest BCUT2D eigenvalue weighted by Crippen LogP contribution is -2.04. The molecule has 9 rings (SSSR count). The molecule has 2 aromatic heterocycles. The normalized spacial score (nSPS) is 11.9. The maximum atomic E-state index is 4.83. The molecule has 0 atom stereocenters. The highest BCUT2D eigenvalue weighted by Crippen LogP contribution is 2.37. The first-order chi connectivity index (χ1) is 29.7. The number of fused-ring (bicyclic) bond motifs is 6. The quantitative estimate of drug-likeness (QED) is 0.0808. The Kier molecular flexibility index (Phi) is 13.5. The van der Waals surface area contributed by atoms with Crippen molar-refractivity contribution in [3.05, 3.63) is 224 Å². The largest absolute Gasteiger partial charge is 0.333 e. The first kappa shape index (κ1) is 41.2. The number of hydrogen-bond donors (Lipinski definition) is 2. The fourth-order valence-corrected chi connectivity index (χ4v) is 8.07. The van der Waals surface area contributed by atoms with Gasteiger partial charge in [-0.2, -0.15) is 12.6 Å². The minimum Gasteiger partial charge on any atom is -0.333 e. The van der Waals surface area contributed by atoms with Crippen molar-refractivity contribution in [2.24, 2.45) is 10.7 Å². The maximum Gasteiger partial charge on any atom is 0.0660 e. The van der Waals surface area contributed by atoms with Crippen LogP contribution in [0.5, 0.6) is 0 Å². The van der Waals surface area contributed by atoms with Crippen molar-refractivity contribution in [3.8, 4) is 16.8 Å². The lowest BCUT2D eigenvalue weighted by Gasteiger charge is -2.13. The summed E-state index contributed by atoms with van der Waals surface area (Å²) in [5, 5.41) is 4.94. The van der Waals surface area contributed by atoms with Gasteiger partial charge in [-0.15, -0.1) is 0 Å². The van der Waals surface area contributed by atoms with E-state index in [2.05, 4.69) is 228 Å². The zero-order valence-corrected chi connectivity index (χ0v) is 35.3. The van der Waals surface area contributed by atoms with E-state index in [0.29, 0.717) is 0 Å². The Bertz CT molecular complexity index is 3020. The number of nitrogens with two attached hydrogens (primary N) is 1. The summed E-state index contributed by atoms with van der Waals surface area (Å²) in [5.41, 5.74) is 18.4. The Labute approximate surface area is 359 Å². The van der Waals surface area contributed by atoms with Crippen molar-refractivity contribution in [1.29, 1.82) is 0 Å². The van der Waals surface area contributed by atoms with Crippen LogP contribution in [0.3, 0.4) is 0 Å². The number of nitrogens with zero attached hydrogens (tertiary/aromatic N) is 3. The smallest absolute Gasteiger partial charge is 0.0660 e. The van der Waals surface area contributed by atoms with Crippen molar-refractivity contribution in [3.63, 3.8) is 0 Å². The topological polar surface area (TPSA) is 48.2 Å². The fourth-order valence-electron chi connectivity index (χ4n) is 8.07. The molecule has 0 fully saturated rings. The molecule has 0 aliphatic heterocycles. The first-order valence-electron chi connectivity index (χ1n) is 20.1. The van der Waals surface area contributed by atoms with E-state index in [4.69, 9.17) is 4.99 Å². The van der Waals surface area contributed by atoms with Gasteiger partial charge in [-0.1, -0.05) is 158 Å². The summed E-state index contributed by atoms with van der Waals surface area (Å²) in [6, 6.07) is 60.9. The summed E-state index contributed by atoms with van der Waals surface area (Å²) in [5.74, 6) is 0. The molecule has 0 bridgehead atoms. The standard InChI is InChI=1S/C53H41N3.CH5N.CH4S/c1-3-4-7-20-39(38-18-8-5-9-19-38)35-42-21-12-13-24-44(42)49(54-2)33-34-55-50-27-16-14-26-46(50)48-36-40(30-32-51(48)55)41-29-31-47-45-25-15-17-28-52(45)56(53(47)37-41)43-22-10-6-11-23-43;2*1-2/h3-34,36-37H,1,35H2,2H3;2H2,1H3;2H,1H3/b7-4-,34-33-,39-20+,54-49?;;. The van der Waals surface area contributed by atoms with E-state index in [1.54, 1.807) is 12.3 Å². The van der Waals surface area contributed by atoms with Gasteiger partial charge in [0.15, 0.2) is 0 Å². The van der Waals surface area contributed by atoms with Gasteiger partial charge < -0.3 is 14.9 Å². The van der Waals surface area contributed by atoms with Crippen LogP contribution >= 0.6 is 12.6 Å². The van der Waals surface area contributed by atoms with Crippen molar-refractivity contribution < 1.29 is 0 Å². The molecular weight excluding hydrogens is 749 g/mol. The second kappa shape index (κ2) is 19.7. The minimum atomic E-state index is 0.768. The third-order valence-electron chi connectivity index (χ3n) is 10.7. The molecule has 0 saturated carbocycles. The van der Waals surface area contributed by atoms with Crippen LogP contribution in [0.1, 0.15) is 16.7 Å². The van der Waals surface area contributed by atoms with Gasteiger partial charge in [-0.05, 0) is 96.1 Å². The van der Waals surface area contributed by atoms with Crippen LogP contribution in [0, 0.1) is 0 Å². The Hall–Kier alpha value is -6.92. The lowest BCUT2D eigenvalue weighted by molar-refractivity contribution is 1.18. The molecule has 0 unspecified atom stereocenters. The average molecular weight is 799 g/mol. The number of hydrogen-bond acceptors (Lipinski definition) is 3. The fraction of sp³-hybridized carbons (Fsp3) is 0.0727. The Morgan fingerprint density at radius 3 is 1.92 bits per heavy atom. The van der Waals surface area contributed by atoms with Gasteiger partial charge >= 0.3 is 0 Å². The highest BCUT2D eigenvalue weighted by atomic mass is 32.1. The van der Waals surface area contributed by atoms with Crippen molar-refractivity contribution in [2.75, 3.05) is 20.4 Å². The van der Waals surface area contributed by atoms with E-state index < -0.39 is 0 Å². The van der Waals surface area contributed by atoms with Crippen molar-refractivity contribution in [1.82, 2.24) is 9.13 Å². The zero-order chi connectivity index (χ0) is 41.8. The molecule has 0 saturated heterocycles. The van der Waals surface area contributed by atoms with E-state index in [1.807, 2.05) is 13.1 Å². The van der Waals surface area contributed by atoms with Crippen LogP contribution in [-0.2, 0) is 6.42 Å². The molecule has 5 heteroatoms. The number of thiol groups is 1. The van der Waals surface area contributed by atoms with Crippen molar-refractivity contribution >= 4 is 73.7 Å². The molecule has 0 radical (unpaired) electrons. The van der Waals surface area contributed by atoms with Crippen LogP contribution < -0.4 is 5.73 Å². The van der Waals surface area contributed by atoms with E-state index >= 15 is 0 Å². The van der Waals surface area contributed by atoms with Gasteiger partial charge in [-0.3, -0.25) is 4.99 Å². The molecule has 7 aromatic carbocycles. The molecule has 0 aliphatic rings. The zero-order valence-electron chi connectivity index (χ0n) is 34.4. The third-order valence-corrected chi connectivity index (χ3v) is 10.7. The van der Waals surface area contributed by atoms with Gasteiger partial charge in [0.1, 0.15) is 0 Å². The van der Waals surface area contributed by atoms with Crippen LogP contribution in [-0.4, -0.2) is 35.2 Å². The second-order valence-corrected chi connectivity index (χ2v) is 14.0. The molecule has 296 valence electrons.